The van der Waals surface area contributed by atoms with Crippen LogP contribution in [0.4, 0.5) is 0 Å². The number of phenolic OH excluding ortho intramolecular Hbond substituents is 1. The van der Waals surface area contributed by atoms with E-state index in [-0.39, 0.29) is 17.1 Å². The number of aliphatic hydroxyl groups excluding tert-OH is 1. The lowest BCUT2D eigenvalue weighted by Gasteiger charge is -2.49. The van der Waals surface area contributed by atoms with Crippen molar-refractivity contribution in [3.63, 3.8) is 0 Å². The first-order valence-electron chi connectivity index (χ1n) is 8.04. The highest BCUT2D eigenvalue weighted by atomic mass is 16.3. The number of hydrogen-bond donors (Lipinski definition) is 2. The second kappa shape index (κ2) is 4.33. The predicted octanol–water partition coefficient (Wildman–Crippen LogP) is 2.79. The molecule has 0 spiro atoms. The summed E-state index contributed by atoms with van der Waals surface area (Å²) in [4.78, 5) is 12.3. The summed E-state index contributed by atoms with van der Waals surface area (Å²) in [7, 11) is 0. The minimum atomic E-state index is -0.464. The number of hydrogen-bond acceptors (Lipinski definition) is 3. The molecule has 3 aliphatic carbocycles. The highest BCUT2D eigenvalue weighted by Gasteiger charge is 2.58. The number of Topliss-reactive ketones (excluding diaryl/α,β-unsaturated/α-hetero) is 1. The van der Waals surface area contributed by atoms with Gasteiger partial charge in [0.1, 0.15) is 11.5 Å². The largest absolute Gasteiger partial charge is 0.508 e. The van der Waals surface area contributed by atoms with Crippen molar-refractivity contribution in [2.45, 2.75) is 51.0 Å². The van der Waals surface area contributed by atoms with Crippen LogP contribution in [0.15, 0.2) is 18.2 Å². The van der Waals surface area contributed by atoms with Gasteiger partial charge in [-0.05, 0) is 60.8 Å². The Kier molecular flexibility index (Phi) is 2.74. The molecule has 5 atom stereocenters. The molecule has 0 amide bonds. The summed E-state index contributed by atoms with van der Waals surface area (Å²) in [5.41, 5.74) is 2.27. The van der Waals surface area contributed by atoms with Crippen LogP contribution in [0.1, 0.15) is 49.7 Å². The third kappa shape index (κ3) is 1.73. The number of fused-ring (bicyclic) bond motifs is 5. The molecule has 112 valence electrons. The molecule has 0 aliphatic heterocycles. The summed E-state index contributed by atoms with van der Waals surface area (Å²) < 4.78 is 0. The van der Waals surface area contributed by atoms with E-state index in [1.54, 1.807) is 6.07 Å². The number of aliphatic hydroxyl groups is 1. The molecule has 0 heterocycles. The van der Waals surface area contributed by atoms with E-state index in [2.05, 4.69) is 6.92 Å². The minimum Gasteiger partial charge on any atom is -0.508 e. The normalized spacial score (nSPS) is 41.3. The zero-order valence-corrected chi connectivity index (χ0v) is 12.4. The van der Waals surface area contributed by atoms with Gasteiger partial charge in [0, 0.05) is 17.8 Å². The molecule has 0 saturated heterocycles. The van der Waals surface area contributed by atoms with Crippen LogP contribution < -0.4 is 0 Å². The predicted molar refractivity (Wildman–Crippen MR) is 79.1 cm³/mol. The van der Waals surface area contributed by atoms with E-state index in [9.17, 15) is 15.0 Å². The number of ketones is 1. The molecule has 3 nitrogen and oxygen atoms in total. The van der Waals surface area contributed by atoms with Gasteiger partial charge in [-0.15, -0.1) is 0 Å². The maximum absolute atomic E-state index is 12.3. The topological polar surface area (TPSA) is 57.5 Å². The van der Waals surface area contributed by atoms with E-state index in [0.29, 0.717) is 24.0 Å². The average Bonchev–Trinajstić information content (AvgIpc) is 2.68. The smallest absolute Gasteiger partial charge is 0.141 e. The fourth-order valence-electron chi connectivity index (χ4n) is 5.40. The Bertz CT molecular complexity index is 608. The summed E-state index contributed by atoms with van der Waals surface area (Å²) >= 11 is 0. The van der Waals surface area contributed by atoms with Gasteiger partial charge < -0.3 is 10.2 Å². The number of carbonyl (C=O) groups excluding carboxylic acids is 1. The fourth-order valence-corrected chi connectivity index (χ4v) is 5.40. The molecule has 3 aliphatic rings. The second-order valence-electron chi connectivity index (χ2n) is 7.37. The molecular formula is C18H22O3. The molecule has 1 aromatic carbocycles. The highest BCUT2D eigenvalue weighted by molar-refractivity contribution is 5.88. The van der Waals surface area contributed by atoms with Crippen LogP contribution in [-0.2, 0) is 11.2 Å². The minimum absolute atomic E-state index is 0.116. The van der Waals surface area contributed by atoms with Crippen LogP contribution in [-0.4, -0.2) is 22.1 Å². The molecular weight excluding hydrogens is 264 g/mol. The zero-order valence-electron chi connectivity index (χ0n) is 12.4. The van der Waals surface area contributed by atoms with Gasteiger partial charge in [-0.1, -0.05) is 13.0 Å². The Morgan fingerprint density at radius 1 is 1.29 bits per heavy atom. The Morgan fingerprint density at radius 3 is 2.90 bits per heavy atom. The van der Waals surface area contributed by atoms with Crippen LogP contribution in [0.3, 0.4) is 0 Å². The van der Waals surface area contributed by atoms with Gasteiger partial charge in [-0.3, -0.25) is 4.79 Å². The van der Waals surface area contributed by atoms with Crippen LogP contribution >= 0.6 is 0 Å². The van der Waals surface area contributed by atoms with Crippen molar-refractivity contribution in [1.29, 1.82) is 0 Å². The molecule has 1 aromatic rings. The van der Waals surface area contributed by atoms with Crippen molar-refractivity contribution >= 4 is 5.78 Å². The number of rotatable bonds is 0. The Labute approximate surface area is 125 Å². The fraction of sp³-hybridized carbons (Fsp3) is 0.611. The van der Waals surface area contributed by atoms with Crippen molar-refractivity contribution in [3.05, 3.63) is 29.3 Å². The molecule has 0 radical (unpaired) electrons. The molecule has 0 unspecified atom stereocenters. The summed E-state index contributed by atoms with van der Waals surface area (Å²) in [5, 5.41) is 20.1. The molecule has 0 aromatic heterocycles. The molecule has 0 bridgehead atoms. The first kappa shape index (κ1) is 13.3. The molecule has 21 heavy (non-hydrogen) atoms. The SMILES string of the molecule is C[C@]12CC[C@@H]3c4ccc(O)cc4CC[C@H]3[C@@H]1[C@H](O)CC2=O. The lowest BCUT2D eigenvalue weighted by molar-refractivity contribution is -0.129. The van der Waals surface area contributed by atoms with Gasteiger partial charge in [-0.2, -0.15) is 0 Å². The molecule has 2 saturated carbocycles. The maximum Gasteiger partial charge on any atom is 0.141 e. The third-order valence-electron chi connectivity index (χ3n) is 6.41. The van der Waals surface area contributed by atoms with Crippen molar-refractivity contribution < 1.29 is 15.0 Å². The van der Waals surface area contributed by atoms with Gasteiger partial charge in [0.15, 0.2) is 0 Å². The zero-order chi connectivity index (χ0) is 14.8. The average molecular weight is 286 g/mol. The van der Waals surface area contributed by atoms with Crippen LogP contribution in [0.2, 0.25) is 0 Å². The molecule has 4 rings (SSSR count). The monoisotopic (exact) mass is 286 g/mol. The second-order valence-corrected chi connectivity index (χ2v) is 7.37. The van der Waals surface area contributed by atoms with Crippen LogP contribution in [0.5, 0.6) is 5.75 Å². The summed E-state index contributed by atoms with van der Waals surface area (Å²) in [5.74, 6) is 1.56. The number of benzene rings is 1. The van der Waals surface area contributed by atoms with Gasteiger partial charge in [-0.25, -0.2) is 0 Å². The summed E-state index contributed by atoms with van der Waals surface area (Å²) in [6, 6.07) is 5.70. The molecule has 3 heteroatoms. The highest BCUT2D eigenvalue weighted by Crippen LogP contribution is 2.59. The lowest BCUT2D eigenvalue weighted by atomic mass is 9.55. The van der Waals surface area contributed by atoms with Crippen LogP contribution in [0, 0.1) is 17.3 Å². The van der Waals surface area contributed by atoms with E-state index in [1.165, 1.54) is 11.1 Å². The molecule has 2 fully saturated rings. The van der Waals surface area contributed by atoms with Gasteiger partial charge in [0.25, 0.3) is 0 Å². The summed E-state index contributed by atoms with van der Waals surface area (Å²) in [6.07, 6.45) is 3.74. The first-order valence-corrected chi connectivity index (χ1v) is 8.04. The maximum atomic E-state index is 12.3. The number of carbonyl (C=O) groups is 1. The van der Waals surface area contributed by atoms with Gasteiger partial charge in [0.2, 0.25) is 0 Å². The van der Waals surface area contributed by atoms with E-state index in [1.807, 2.05) is 12.1 Å². The van der Waals surface area contributed by atoms with E-state index >= 15 is 0 Å². The Morgan fingerprint density at radius 2 is 2.10 bits per heavy atom. The third-order valence-corrected chi connectivity index (χ3v) is 6.41. The van der Waals surface area contributed by atoms with Gasteiger partial charge >= 0.3 is 0 Å². The van der Waals surface area contributed by atoms with Crippen molar-refractivity contribution in [2.75, 3.05) is 0 Å². The van der Waals surface area contributed by atoms with Crippen molar-refractivity contribution in [3.8, 4) is 5.75 Å². The standard InChI is InChI=1S/C18H22O3/c1-18-7-6-13-12-5-3-11(19)8-10(12)2-4-14(13)17(18)15(20)9-16(18)21/h3,5,8,13-15,17,19-20H,2,4,6-7,9H2,1H3/t13-,14-,15-,17-,18-/m1/s1. The summed E-state index contributed by atoms with van der Waals surface area (Å²) in [6.45, 7) is 2.07. The Balaban J connectivity index is 1.75. The van der Waals surface area contributed by atoms with Gasteiger partial charge in [0.05, 0.1) is 6.10 Å². The van der Waals surface area contributed by atoms with Crippen molar-refractivity contribution in [2.24, 2.45) is 17.3 Å². The number of aryl methyl sites for hydroxylation is 1. The first-order chi connectivity index (χ1) is 10.0. The van der Waals surface area contributed by atoms with E-state index < -0.39 is 6.10 Å². The van der Waals surface area contributed by atoms with Crippen LogP contribution in [0.25, 0.3) is 0 Å². The Hall–Kier alpha value is -1.35. The van der Waals surface area contributed by atoms with E-state index in [0.717, 1.165) is 25.7 Å². The lowest BCUT2D eigenvalue weighted by Crippen LogP contribution is -2.45. The number of phenols is 1. The molecule has 2 N–H and O–H groups in total. The number of aromatic hydroxyl groups is 1. The quantitative estimate of drug-likeness (QED) is 0.771. The van der Waals surface area contributed by atoms with E-state index in [4.69, 9.17) is 0 Å². The van der Waals surface area contributed by atoms with Crippen molar-refractivity contribution in [1.82, 2.24) is 0 Å².